The van der Waals surface area contributed by atoms with E-state index in [1.54, 1.807) is 74.1 Å². The molecule has 1 unspecified atom stereocenters. The number of ketones is 1. The Morgan fingerprint density at radius 3 is 2.41 bits per heavy atom. The zero-order valence-corrected chi connectivity index (χ0v) is 17.7. The number of carbonyl (C=O) groups is 2. The van der Waals surface area contributed by atoms with E-state index in [-0.39, 0.29) is 17.9 Å². The topological polar surface area (TPSA) is 89.0 Å². The maximum absolute atomic E-state index is 13.1. The summed E-state index contributed by atoms with van der Waals surface area (Å²) in [6.45, 7) is 0.162. The van der Waals surface area contributed by atoms with Gasteiger partial charge >= 0.3 is 0 Å². The predicted octanol–water partition coefficient (Wildman–Crippen LogP) is 3.72. The minimum absolute atomic E-state index is 0.0143. The molecule has 1 aromatic heterocycles. The van der Waals surface area contributed by atoms with Crippen molar-refractivity contribution in [2.45, 2.75) is 12.6 Å². The molecule has 162 valence electrons. The average Bonchev–Trinajstić information content (AvgIpc) is 3.09. The zero-order chi connectivity index (χ0) is 22.7. The van der Waals surface area contributed by atoms with Crippen LogP contribution in [0.15, 0.2) is 78.6 Å². The van der Waals surface area contributed by atoms with Crippen LogP contribution in [0, 0.1) is 0 Å². The number of nitrogens with zero attached hydrogens (tertiary/aromatic N) is 2. The monoisotopic (exact) mass is 430 g/mol. The van der Waals surface area contributed by atoms with Gasteiger partial charge in [0.05, 0.1) is 25.8 Å². The standard InChI is InChI=1S/C25H22N2O5/c1-31-19-9-3-7-17(12-19)22-21(23(28)18-8-4-10-20(13-18)32-2)24(29)25(30)27(22)15-16-6-5-11-26-14-16/h3-14,22,28H,15H2,1-2H3. The molecule has 1 saturated heterocycles. The second-order valence-corrected chi connectivity index (χ2v) is 7.30. The van der Waals surface area contributed by atoms with Crippen LogP contribution >= 0.6 is 0 Å². The fourth-order valence-electron chi connectivity index (χ4n) is 3.82. The summed E-state index contributed by atoms with van der Waals surface area (Å²) in [5, 5.41) is 11.2. The second kappa shape index (κ2) is 8.93. The van der Waals surface area contributed by atoms with Crippen LogP contribution in [0.2, 0.25) is 0 Å². The molecule has 7 heteroatoms. The number of methoxy groups -OCH3 is 2. The summed E-state index contributed by atoms with van der Waals surface area (Å²) >= 11 is 0. The molecule has 0 saturated carbocycles. The number of hydrogen-bond acceptors (Lipinski definition) is 6. The zero-order valence-electron chi connectivity index (χ0n) is 17.7. The fourth-order valence-corrected chi connectivity index (χ4v) is 3.82. The van der Waals surface area contributed by atoms with Crippen molar-refractivity contribution in [3.8, 4) is 11.5 Å². The Balaban J connectivity index is 1.88. The molecule has 1 atom stereocenters. The lowest BCUT2D eigenvalue weighted by atomic mass is 9.95. The summed E-state index contributed by atoms with van der Waals surface area (Å²) in [5.74, 6) is -0.593. The third kappa shape index (κ3) is 3.92. The number of Topliss-reactive ketones (excluding diaryl/α,β-unsaturated/α-hetero) is 1. The van der Waals surface area contributed by atoms with E-state index in [2.05, 4.69) is 4.98 Å². The van der Waals surface area contributed by atoms with Gasteiger partial charge in [0.1, 0.15) is 17.3 Å². The largest absolute Gasteiger partial charge is 0.507 e. The summed E-state index contributed by atoms with van der Waals surface area (Å²) < 4.78 is 10.6. The summed E-state index contributed by atoms with van der Waals surface area (Å²) in [4.78, 5) is 31.7. The van der Waals surface area contributed by atoms with Gasteiger partial charge in [0.25, 0.3) is 11.7 Å². The van der Waals surface area contributed by atoms with E-state index in [0.29, 0.717) is 22.6 Å². The van der Waals surface area contributed by atoms with Gasteiger partial charge in [-0.1, -0.05) is 30.3 Å². The first-order chi connectivity index (χ1) is 15.5. The highest BCUT2D eigenvalue weighted by Gasteiger charge is 2.46. The van der Waals surface area contributed by atoms with Crippen molar-refractivity contribution in [3.05, 3.63) is 95.3 Å². The number of aliphatic hydroxyl groups is 1. The SMILES string of the molecule is COc1cccc(C(O)=C2C(=O)C(=O)N(Cc3cccnc3)C2c2cccc(OC)c2)c1. The molecule has 1 amide bonds. The number of aromatic nitrogens is 1. The lowest BCUT2D eigenvalue weighted by Gasteiger charge is -2.25. The summed E-state index contributed by atoms with van der Waals surface area (Å²) in [5.41, 5.74) is 1.82. The van der Waals surface area contributed by atoms with Crippen molar-refractivity contribution in [2.24, 2.45) is 0 Å². The molecule has 4 rings (SSSR count). The van der Waals surface area contributed by atoms with Gasteiger partial charge in [-0.25, -0.2) is 0 Å². The minimum atomic E-state index is -0.795. The van der Waals surface area contributed by atoms with E-state index in [9.17, 15) is 14.7 Å². The van der Waals surface area contributed by atoms with Crippen LogP contribution < -0.4 is 9.47 Å². The maximum atomic E-state index is 13.1. The van der Waals surface area contributed by atoms with Crippen molar-refractivity contribution < 1.29 is 24.2 Å². The molecule has 7 nitrogen and oxygen atoms in total. The van der Waals surface area contributed by atoms with Gasteiger partial charge in [0, 0.05) is 24.5 Å². The van der Waals surface area contributed by atoms with Crippen LogP contribution in [0.5, 0.6) is 11.5 Å². The van der Waals surface area contributed by atoms with Crippen LogP contribution in [-0.2, 0) is 16.1 Å². The van der Waals surface area contributed by atoms with Crippen LogP contribution in [0.1, 0.15) is 22.7 Å². The fraction of sp³-hybridized carbons (Fsp3) is 0.160. The van der Waals surface area contributed by atoms with Gasteiger partial charge < -0.3 is 19.5 Å². The molecular formula is C25H22N2O5. The van der Waals surface area contributed by atoms with Crippen molar-refractivity contribution in [1.29, 1.82) is 0 Å². The lowest BCUT2D eigenvalue weighted by Crippen LogP contribution is -2.29. The predicted molar refractivity (Wildman–Crippen MR) is 118 cm³/mol. The first-order valence-corrected chi connectivity index (χ1v) is 9.99. The Hall–Kier alpha value is -4.13. The molecule has 1 aliphatic heterocycles. The van der Waals surface area contributed by atoms with Crippen molar-refractivity contribution in [1.82, 2.24) is 9.88 Å². The van der Waals surface area contributed by atoms with Crippen LogP contribution in [0.4, 0.5) is 0 Å². The average molecular weight is 430 g/mol. The minimum Gasteiger partial charge on any atom is -0.507 e. The van der Waals surface area contributed by atoms with Crippen LogP contribution in [-0.4, -0.2) is 40.9 Å². The van der Waals surface area contributed by atoms with Gasteiger partial charge in [0.2, 0.25) is 0 Å². The molecule has 2 heterocycles. The molecule has 3 aromatic rings. The lowest BCUT2D eigenvalue weighted by molar-refractivity contribution is -0.140. The van der Waals surface area contributed by atoms with Crippen LogP contribution in [0.25, 0.3) is 5.76 Å². The van der Waals surface area contributed by atoms with Gasteiger partial charge in [-0.2, -0.15) is 0 Å². The summed E-state index contributed by atoms with van der Waals surface area (Å²) in [6, 6.07) is 16.6. The Morgan fingerprint density at radius 2 is 1.72 bits per heavy atom. The smallest absolute Gasteiger partial charge is 0.295 e. The van der Waals surface area contributed by atoms with Gasteiger partial charge in [-0.15, -0.1) is 0 Å². The number of benzene rings is 2. The Kier molecular flexibility index (Phi) is 5.89. The van der Waals surface area contributed by atoms with E-state index in [0.717, 1.165) is 5.56 Å². The van der Waals surface area contributed by atoms with E-state index in [1.807, 2.05) is 6.07 Å². The van der Waals surface area contributed by atoms with Gasteiger partial charge in [0.15, 0.2) is 0 Å². The maximum Gasteiger partial charge on any atom is 0.295 e. The van der Waals surface area contributed by atoms with Crippen molar-refractivity contribution in [3.63, 3.8) is 0 Å². The Labute approximate surface area is 185 Å². The quantitative estimate of drug-likeness (QED) is 0.364. The molecule has 32 heavy (non-hydrogen) atoms. The number of likely N-dealkylation sites (tertiary alicyclic amines) is 1. The number of hydrogen-bond donors (Lipinski definition) is 1. The number of aliphatic hydroxyl groups excluding tert-OH is 1. The highest BCUT2D eigenvalue weighted by Crippen LogP contribution is 2.41. The van der Waals surface area contributed by atoms with E-state index in [1.165, 1.54) is 12.0 Å². The summed E-state index contributed by atoms with van der Waals surface area (Å²) in [6.07, 6.45) is 3.28. The van der Waals surface area contributed by atoms with E-state index >= 15 is 0 Å². The second-order valence-electron chi connectivity index (χ2n) is 7.30. The Bertz CT molecular complexity index is 1190. The molecule has 2 aromatic carbocycles. The molecule has 0 aliphatic carbocycles. The molecular weight excluding hydrogens is 408 g/mol. The molecule has 0 radical (unpaired) electrons. The summed E-state index contributed by atoms with van der Waals surface area (Å²) in [7, 11) is 3.06. The van der Waals surface area contributed by atoms with Gasteiger partial charge in [-0.3, -0.25) is 14.6 Å². The number of ether oxygens (including phenoxy) is 2. The molecule has 1 aliphatic rings. The van der Waals surface area contributed by atoms with Crippen molar-refractivity contribution in [2.75, 3.05) is 14.2 Å². The first kappa shape index (κ1) is 21.1. The number of amides is 1. The van der Waals surface area contributed by atoms with Crippen molar-refractivity contribution >= 4 is 17.4 Å². The Morgan fingerprint density at radius 1 is 1.00 bits per heavy atom. The highest BCUT2D eigenvalue weighted by molar-refractivity contribution is 6.46. The number of pyridine rings is 1. The third-order valence-electron chi connectivity index (χ3n) is 5.37. The van der Waals surface area contributed by atoms with Gasteiger partial charge in [-0.05, 0) is 41.5 Å². The molecule has 0 bridgehead atoms. The van der Waals surface area contributed by atoms with E-state index in [4.69, 9.17) is 9.47 Å². The molecule has 1 N–H and O–H groups in total. The first-order valence-electron chi connectivity index (χ1n) is 9.99. The molecule has 0 spiro atoms. The number of rotatable bonds is 6. The third-order valence-corrected chi connectivity index (χ3v) is 5.37. The number of carbonyl (C=O) groups excluding carboxylic acids is 2. The van der Waals surface area contributed by atoms with E-state index < -0.39 is 17.7 Å². The van der Waals surface area contributed by atoms with Crippen LogP contribution in [0.3, 0.4) is 0 Å². The molecule has 1 fully saturated rings. The normalized spacial score (nSPS) is 17.4. The highest BCUT2D eigenvalue weighted by atomic mass is 16.5.